The van der Waals surface area contributed by atoms with Crippen LogP contribution in [0.1, 0.15) is 29.6 Å². The highest BCUT2D eigenvalue weighted by molar-refractivity contribution is 9.10. The maximum atomic E-state index is 12.0. The maximum absolute atomic E-state index is 12.0. The topological polar surface area (TPSA) is 58.4 Å². The lowest BCUT2D eigenvalue weighted by atomic mass is 10.1. The Bertz CT molecular complexity index is 444. The number of nitrogens with one attached hydrogen (secondary N) is 1. The minimum absolute atomic E-state index is 0.0730. The summed E-state index contributed by atoms with van der Waals surface area (Å²) < 4.78 is 0.775. The van der Waals surface area contributed by atoms with E-state index in [1.54, 1.807) is 18.2 Å². The molecule has 0 radical (unpaired) electrons. The summed E-state index contributed by atoms with van der Waals surface area (Å²) in [5, 5.41) is 2.95. The molecular formula is C14H20BrN3O. The highest BCUT2D eigenvalue weighted by atomic mass is 79.9. The van der Waals surface area contributed by atoms with Crippen molar-refractivity contribution in [2.75, 3.05) is 31.9 Å². The van der Waals surface area contributed by atoms with Crippen LogP contribution >= 0.6 is 15.9 Å². The summed E-state index contributed by atoms with van der Waals surface area (Å²) in [7, 11) is 0. The number of hydrogen-bond acceptors (Lipinski definition) is 3. The third-order valence-electron chi connectivity index (χ3n) is 3.40. The second-order valence-electron chi connectivity index (χ2n) is 4.90. The van der Waals surface area contributed by atoms with Gasteiger partial charge in [-0.1, -0.05) is 6.42 Å². The number of nitrogen functional groups attached to an aromatic ring is 1. The summed E-state index contributed by atoms with van der Waals surface area (Å²) in [4.78, 5) is 14.4. The molecule has 1 aliphatic rings. The van der Waals surface area contributed by atoms with Crippen LogP contribution in [0.5, 0.6) is 0 Å². The monoisotopic (exact) mass is 325 g/mol. The molecule has 3 N–H and O–H groups in total. The molecule has 1 fully saturated rings. The number of halogens is 1. The first-order valence-corrected chi connectivity index (χ1v) is 7.52. The molecule has 0 bridgehead atoms. The maximum Gasteiger partial charge on any atom is 0.252 e. The van der Waals surface area contributed by atoms with E-state index in [-0.39, 0.29) is 5.91 Å². The van der Waals surface area contributed by atoms with Gasteiger partial charge in [-0.2, -0.15) is 0 Å². The Hall–Kier alpha value is -1.07. The third-order valence-corrected chi connectivity index (χ3v) is 4.09. The summed E-state index contributed by atoms with van der Waals surface area (Å²) in [6.45, 7) is 3.90. The number of carbonyl (C=O) groups is 1. The number of carbonyl (C=O) groups excluding carboxylic acids is 1. The van der Waals surface area contributed by atoms with Gasteiger partial charge in [-0.25, -0.2) is 0 Å². The fraction of sp³-hybridized carbons (Fsp3) is 0.500. The Morgan fingerprint density at radius 1 is 1.32 bits per heavy atom. The van der Waals surface area contributed by atoms with Crippen molar-refractivity contribution >= 4 is 27.5 Å². The van der Waals surface area contributed by atoms with Gasteiger partial charge in [0.05, 0.1) is 5.56 Å². The predicted octanol–water partition coefficient (Wildman–Crippen LogP) is 2.25. The van der Waals surface area contributed by atoms with Crippen molar-refractivity contribution in [2.24, 2.45) is 0 Å². The fourth-order valence-electron chi connectivity index (χ4n) is 2.32. The van der Waals surface area contributed by atoms with Gasteiger partial charge in [-0.05, 0) is 60.1 Å². The number of anilines is 1. The standard InChI is InChI=1S/C14H20BrN3O/c15-13-5-4-11(16)10-12(13)14(19)17-6-9-18-7-2-1-3-8-18/h4-5,10H,1-3,6-9,16H2,(H,17,19). The lowest BCUT2D eigenvalue weighted by molar-refractivity contribution is 0.0946. The zero-order chi connectivity index (χ0) is 13.7. The van der Waals surface area contributed by atoms with Crippen LogP contribution in [0.3, 0.4) is 0 Å². The lowest BCUT2D eigenvalue weighted by Crippen LogP contribution is -2.37. The van der Waals surface area contributed by atoms with E-state index in [1.807, 2.05) is 0 Å². The number of nitrogens with two attached hydrogens (primary N) is 1. The van der Waals surface area contributed by atoms with Crippen molar-refractivity contribution in [2.45, 2.75) is 19.3 Å². The van der Waals surface area contributed by atoms with Crippen LogP contribution in [-0.4, -0.2) is 37.0 Å². The van der Waals surface area contributed by atoms with Crippen LogP contribution in [-0.2, 0) is 0 Å². The summed E-state index contributed by atoms with van der Waals surface area (Å²) in [5.41, 5.74) is 6.90. The van der Waals surface area contributed by atoms with E-state index in [9.17, 15) is 4.79 Å². The highest BCUT2D eigenvalue weighted by Crippen LogP contribution is 2.19. The zero-order valence-electron chi connectivity index (χ0n) is 11.0. The fourth-order valence-corrected chi connectivity index (χ4v) is 2.75. The molecule has 1 heterocycles. The molecule has 1 amide bonds. The molecule has 0 aliphatic carbocycles. The van der Waals surface area contributed by atoms with Crippen molar-refractivity contribution in [1.82, 2.24) is 10.2 Å². The molecule has 0 aromatic heterocycles. The number of hydrogen-bond donors (Lipinski definition) is 2. The van der Waals surface area contributed by atoms with Crippen LogP contribution in [0.2, 0.25) is 0 Å². The Labute approximate surface area is 122 Å². The molecule has 1 saturated heterocycles. The number of nitrogens with zero attached hydrogens (tertiary/aromatic N) is 1. The molecule has 19 heavy (non-hydrogen) atoms. The van der Waals surface area contributed by atoms with Crippen molar-refractivity contribution in [3.05, 3.63) is 28.2 Å². The summed E-state index contributed by atoms with van der Waals surface area (Å²) >= 11 is 3.37. The Kier molecular flexibility index (Phi) is 5.22. The quantitative estimate of drug-likeness (QED) is 0.835. The molecule has 5 heteroatoms. The highest BCUT2D eigenvalue weighted by Gasteiger charge is 2.12. The van der Waals surface area contributed by atoms with E-state index >= 15 is 0 Å². The molecular weight excluding hydrogens is 306 g/mol. The average Bonchev–Trinajstić information content (AvgIpc) is 2.42. The summed E-state index contributed by atoms with van der Waals surface area (Å²) in [6, 6.07) is 5.27. The molecule has 0 unspecified atom stereocenters. The van der Waals surface area contributed by atoms with E-state index in [2.05, 4.69) is 26.1 Å². The minimum Gasteiger partial charge on any atom is -0.399 e. The smallest absolute Gasteiger partial charge is 0.252 e. The van der Waals surface area contributed by atoms with Gasteiger partial charge in [-0.3, -0.25) is 4.79 Å². The van der Waals surface area contributed by atoms with Gasteiger partial charge in [0.1, 0.15) is 0 Å². The molecule has 0 saturated carbocycles. The SMILES string of the molecule is Nc1ccc(Br)c(C(=O)NCCN2CCCCC2)c1. The van der Waals surface area contributed by atoms with Gasteiger partial charge in [0.25, 0.3) is 5.91 Å². The van der Waals surface area contributed by atoms with Crippen LogP contribution in [0.15, 0.2) is 22.7 Å². The van der Waals surface area contributed by atoms with Crippen molar-refractivity contribution in [3.63, 3.8) is 0 Å². The van der Waals surface area contributed by atoms with Gasteiger partial charge >= 0.3 is 0 Å². The molecule has 4 nitrogen and oxygen atoms in total. The van der Waals surface area contributed by atoms with E-state index < -0.39 is 0 Å². The largest absolute Gasteiger partial charge is 0.399 e. The lowest BCUT2D eigenvalue weighted by Gasteiger charge is -2.26. The molecule has 0 atom stereocenters. The van der Waals surface area contributed by atoms with Gasteiger partial charge in [0, 0.05) is 23.2 Å². The molecule has 2 rings (SSSR count). The number of piperidine rings is 1. The van der Waals surface area contributed by atoms with Crippen LogP contribution < -0.4 is 11.1 Å². The van der Waals surface area contributed by atoms with E-state index in [4.69, 9.17) is 5.73 Å². The third kappa shape index (κ3) is 4.21. The Morgan fingerprint density at radius 2 is 2.05 bits per heavy atom. The van der Waals surface area contributed by atoms with Crippen molar-refractivity contribution in [1.29, 1.82) is 0 Å². The Morgan fingerprint density at radius 3 is 2.79 bits per heavy atom. The molecule has 1 aromatic rings. The van der Waals surface area contributed by atoms with Crippen LogP contribution in [0, 0.1) is 0 Å². The first kappa shape index (κ1) is 14.3. The van der Waals surface area contributed by atoms with Crippen molar-refractivity contribution < 1.29 is 4.79 Å². The molecule has 0 spiro atoms. The zero-order valence-corrected chi connectivity index (χ0v) is 12.6. The van der Waals surface area contributed by atoms with Gasteiger partial charge < -0.3 is 16.0 Å². The van der Waals surface area contributed by atoms with Crippen LogP contribution in [0.25, 0.3) is 0 Å². The average molecular weight is 326 g/mol. The predicted molar refractivity (Wildman–Crippen MR) is 81.2 cm³/mol. The normalized spacial score (nSPS) is 16.3. The molecule has 1 aliphatic heterocycles. The number of rotatable bonds is 4. The molecule has 104 valence electrons. The minimum atomic E-state index is -0.0730. The number of likely N-dealkylation sites (tertiary alicyclic amines) is 1. The second-order valence-corrected chi connectivity index (χ2v) is 5.75. The van der Waals surface area contributed by atoms with E-state index in [0.717, 1.165) is 24.1 Å². The van der Waals surface area contributed by atoms with Crippen molar-refractivity contribution in [3.8, 4) is 0 Å². The van der Waals surface area contributed by atoms with E-state index in [1.165, 1.54) is 19.3 Å². The summed E-state index contributed by atoms with van der Waals surface area (Å²) in [6.07, 6.45) is 3.88. The summed E-state index contributed by atoms with van der Waals surface area (Å²) in [5.74, 6) is -0.0730. The van der Waals surface area contributed by atoms with E-state index in [0.29, 0.717) is 17.8 Å². The Balaban J connectivity index is 1.82. The van der Waals surface area contributed by atoms with Gasteiger partial charge in [-0.15, -0.1) is 0 Å². The molecule has 1 aromatic carbocycles. The number of benzene rings is 1. The number of amides is 1. The van der Waals surface area contributed by atoms with Gasteiger partial charge in [0.2, 0.25) is 0 Å². The second kappa shape index (κ2) is 6.91. The van der Waals surface area contributed by atoms with Gasteiger partial charge in [0.15, 0.2) is 0 Å². The first-order chi connectivity index (χ1) is 9.16. The van der Waals surface area contributed by atoms with Crippen LogP contribution in [0.4, 0.5) is 5.69 Å². The first-order valence-electron chi connectivity index (χ1n) is 6.72.